The number of amides is 1. The second-order valence-corrected chi connectivity index (χ2v) is 5.72. The third kappa shape index (κ3) is 9.86. The van der Waals surface area contributed by atoms with Gasteiger partial charge in [-0.1, -0.05) is 0 Å². The standard InChI is InChI=1S/C13H25ClN2O4/c1-13(2,3)20-11(17)10(6-4-5-8-15)16-12(18)19-9-7-14/h10H,4-9,15H2,1-3H3,(H,16,18)/t10-/m0/s1. The summed E-state index contributed by atoms with van der Waals surface area (Å²) in [4.78, 5) is 23.5. The average molecular weight is 309 g/mol. The minimum absolute atomic E-state index is 0.0945. The highest BCUT2D eigenvalue weighted by atomic mass is 35.5. The molecule has 0 unspecified atom stereocenters. The second-order valence-electron chi connectivity index (χ2n) is 5.34. The maximum atomic E-state index is 12.0. The zero-order valence-corrected chi connectivity index (χ0v) is 13.2. The predicted molar refractivity (Wildman–Crippen MR) is 77.7 cm³/mol. The Bertz CT molecular complexity index is 305. The molecule has 3 N–H and O–H groups in total. The Balaban J connectivity index is 4.46. The number of ether oxygens (including phenoxy) is 2. The van der Waals surface area contributed by atoms with E-state index in [4.69, 9.17) is 26.8 Å². The van der Waals surface area contributed by atoms with Gasteiger partial charge in [-0.25, -0.2) is 9.59 Å². The highest BCUT2D eigenvalue weighted by Crippen LogP contribution is 2.11. The summed E-state index contributed by atoms with van der Waals surface area (Å²) >= 11 is 5.42. The Morgan fingerprint density at radius 3 is 2.45 bits per heavy atom. The van der Waals surface area contributed by atoms with Crippen molar-refractivity contribution in [2.75, 3.05) is 19.0 Å². The number of nitrogens with two attached hydrogens (primary N) is 1. The van der Waals surface area contributed by atoms with Crippen LogP contribution in [-0.2, 0) is 14.3 Å². The SMILES string of the molecule is CC(C)(C)OC(=O)[C@H](CCCCN)NC(=O)OCCCl. The van der Waals surface area contributed by atoms with E-state index in [9.17, 15) is 9.59 Å². The fraction of sp³-hybridized carbons (Fsp3) is 0.846. The van der Waals surface area contributed by atoms with Gasteiger partial charge in [-0.05, 0) is 46.6 Å². The molecular weight excluding hydrogens is 284 g/mol. The highest BCUT2D eigenvalue weighted by molar-refractivity contribution is 6.18. The summed E-state index contributed by atoms with van der Waals surface area (Å²) in [5, 5.41) is 2.50. The lowest BCUT2D eigenvalue weighted by molar-refractivity contribution is -0.157. The molecule has 0 aromatic rings. The monoisotopic (exact) mass is 308 g/mol. The van der Waals surface area contributed by atoms with Crippen LogP contribution >= 0.6 is 11.6 Å². The first-order valence-corrected chi connectivity index (χ1v) is 7.25. The fourth-order valence-electron chi connectivity index (χ4n) is 1.43. The lowest BCUT2D eigenvalue weighted by Crippen LogP contribution is -2.44. The van der Waals surface area contributed by atoms with Crippen LogP contribution in [-0.4, -0.2) is 42.7 Å². The van der Waals surface area contributed by atoms with E-state index >= 15 is 0 Å². The fourth-order valence-corrected chi connectivity index (χ4v) is 1.51. The number of carbonyl (C=O) groups excluding carboxylic acids is 2. The number of nitrogens with one attached hydrogen (secondary N) is 1. The van der Waals surface area contributed by atoms with E-state index in [1.807, 2.05) is 0 Å². The lowest BCUT2D eigenvalue weighted by atomic mass is 10.1. The number of halogens is 1. The molecule has 0 saturated heterocycles. The smallest absolute Gasteiger partial charge is 0.407 e. The van der Waals surface area contributed by atoms with Crippen molar-refractivity contribution in [1.82, 2.24) is 5.32 Å². The van der Waals surface area contributed by atoms with Crippen LogP contribution < -0.4 is 11.1 Å². The van der Waals surface area contributed by atoms with E-state index in [1.54, 1.807) is 20.8 Å². The number of hydrogen-bond acceptors (Lipinski definition) is 5. The molecule has 0 aromatic heterocycles. The first kappa shape index (κ1) is 19.0. The van der Waals surface area contributed by atoms with E-state index in [0.29, 0.717) is 13.0 Å². The van der Waals surface area contributed by atoms with Crippen molar-refractivity contribution in [3.05, 3.63) is 0 Å². The van der Waals surface area contributed by atoms with Crippen molar-refractivity contribution in [2.45, 2.75) is 51.7 Å². The topological polar surface area (TPSA) is 90.6 Å². The minimum atomic E-state index is -0.733. The number of hydrogen-bond donors (Lipinski definition) is 2. The summed E-state index contributed by atoms with van der Waals surface area (Å²) in [5.74, 6) is -0.269. The van der Waals surface area contributed by atoms with Gasteiger partial charge in [0.1, 0.15) is 18.2 Å². The molecule has 0 aliphatic carbocycles. The van der Waals surface area contributed by atoms with Crippen LogP contribution in [0.2, 0.25) is 0 Å². The first-order valence-electron chi connectivity index (χ1n) is 6.72. The van der Waals surface area contributed by atoms with Gasteiger partial charge in [0.05, 0.1) is 5.88 Å². The molecule has 7 heteroatoms. The number of alkyl halides is 1. The number of rotatable bonds is 8. The summed E-state index contributed by atoms with van der Waals surface area (Å²) in [5.41, 5.74) is 4.81. The zero-order valence-electron chi connectivity index (χ0n) is 12.4. The molecule has 118 valence electrons. The Hall–Kier alpha value is -1.01. The molecule has 0 rings (SSSR count). The summed E-state index contributed by atoms with van der Waals surface area (Å²) < 4.78 is 10.1. The van der Waals surface area contributed by atoms with Crippen molar-refractivity contribution in [2.24, 2.45) is 5.73 Å². The molecule has 0 spiro atoms. The molecule has 0 radical (unpaired) electrons. The van der Waals surface area contributed by atoms with Gasteiger partial charge in [0.15, 0.2) is 0 Å². The van der Waals surface area contributed by atoms with Gasteiger partial charge in [-0.3, -0.25) is 0 Å². The molecule has 0 aliphatic heterocycles. The Kier molecular flexibility index (Phi) is 9.33. The van der Waals surface area contributed by atoms with Gasteiger partial charge in [0.2, 0.25) is 0 Å². The van der Waals surface area contributed by atoms with Crippen LogP contribution in [0.15, 0.2) is 0 Å². The van der Waals surface area contributed by atoms with Crippen molar-refractivity contribution in [3.63, 3.8) is 0 Å². The maximum absolute atomic E-state index is 12.0. The number of carbonyl (C=O) groups is 2. The number of esters is 1. The molecular formula is C13H25ClN2O4. The Labute approximate surface area is 125 Å². The Morgan fingerprint density at radius 1 is 1.30 bits per heavy atom. The summed E-state index contributed by atoms with van der Waals surface area (Å²) in [6.07, 6.45) is 1.28. The molecule has 0 bridgehead atoms. The summed E-state index contributed by atoms with van der Waals surface area (Å²) in [7, 11) is 0. The van der Waals surface area contributed by atoms with Gasteiger partial charge in [0.25, 0.3) is 0 Å². The van der Waals surface area contributed by atoms with Crippen LogP contribution in [0.1, 0.15) is 40.0 Å². The molecule has 20 heavy (non-hydrogen) atoms. The van der Waals surface area contributed by atoms with E-state index < -0.39 is 23.7 Å². The van der Waals surface area contributed by atoms with Gasteiger partial charge in [-0.2, -0.15) is 0 Å². The van der Waals surface area contributed by atoms with Crippen molar-refractivity contribution in [3.8, 4) is 0 Å². The zero-order chi connectivity index (χ0) is 15.6. The van der Waals surface area contributed by atoms with E-state index in [1.165, 1.54) is 0 Å². The van der Waals surface area contributed by atoms with E-state index in [-0.39, 0.29) is 12.5 Å². The van der Waals surface area contributed by atoms with Gasteiger partial charge >= 0.3 is 12.1 Å². The summed E-state index contributed by atoms with van der Waals surface area (Å²) in [6.45, 7) is 5.95. The largest absolute Gasteiger partial charge is 0.458 e. The number of alkyl carbamates (subject to hydrolysis) is 1. The van der Waals surface area contributed by atoms with Crippen molar-refractivity contribution in [1.29, 1.82) is 0 Å². The third-order valence-corrected chi connectivity index (χ3v) is 2.39. The molecule has 0 saturated carbocycles. The van der Waals surface area contributed by atoms with E-state index in [2.05, 4.69) is 5.32 Å². The van der Waals surface area contributed by atoms with Crippen molar-refractivity contribution < 1.29 is 19.1 Å². The minimum Gasteiger partial charge on any atom is -0.458 e. The normalized spacial score (nSPS) is 12.7. The maximum Gasteiger partial charge on any atom is 0.407 e. The van der Waals surface area contributed by atoms with Gasteiger partial charge in [-0.15, -0.1) is 11.6 Å². The molecule has 0 aromatic carbocycles. The average Bonchev–Trinajstić information content (AvgIpc) is 2.33. The summed E-state index contributed by atoms with van der Waals surface area (Å²) in [6, 6.07) is -0.733. The van der Waals surface area contributed by atoms with Crippen LogP contribution in [0.25, 0.3) is 0 Å². The third-order valence-electron chi connectivity index (χ3n) is 2.24. The van der Waals surface area contributed by atoms with Crippen LogP contribution in [0, 0.1) is 0 Å². The predicted octanol–water partition coefficient (Wildman–Crippen LogP) is 1.79. The highest BCUT2D eigenvalue weighted by Gasteiger charge is 2.26. The molecule has 0 aliphatic rings. The van der Waals surface area contributed by atoms with Crippen LogP contribution in [0.4, 0.5) is 4.79 Å². The Morgan fingerprint density at radius 2 is 1.95 bits per heavy atom. The molecule has 1 atom stereocenters. The number of unbranched alkanes of at least 4 members (excludes halogenated alkanes) is 1. The van der Waals surface area contributed by atoms with Gasteiger partial charge in [0, 0.05) is 0 Å². The quantitative estimate of drug-likeness (QED) is 0.405. The van der Waals surface area contributed by atoms with Crippen LogP contribution in [0.5, 0.6) is 0 Å². The molecule has 6 nitrogen and oxygen atoms in total. The molecule has 1 amide bonds. The van der Waals surface area contributed by atoms with Gasteiger partial charge < -0.3 is 20.5 Å². The first-order chi connectivity index (χ1) is 9.30. The van der Waals surface area contributed by atoms with Crippen LogP contribution in [0.3, 0.4) is 0 Å². The van der Waals surface area contributed by atoms with Crippen molar-refractivity contribution >= 4 is 23.7 Å². The molecule has 0 fully saturated rings. The lowest BCUT2D eigenvalue weighted by Gasteiger charge is -2.24. The van der Waals surface area contributed by atoms with E-state index in [0.717, 1.165) is 12.8 Å². The molecule has 0 heterocycles. The second kappa shape index (κ2) is 9.83.